The van der Waals surface area contributed by atoms with Crippen molar-refractivity contribution in [3.63, 3.8) is 0 Å². The van der Waals surface area contributed by atoms with E-state index in [1.54, 1.807) is 0 Å². The molecule has 0 fully saturated rings. The van der Waals surface area contributed by atoms with E-state index in [9.17, 15) is 0 Å². The second-order valence-corrected chi connectivity index (χ2v) is 4.23. The van der Waals surface area contributed by atoms with Crippen molar-refractivity contribution in [1.29, 1.82) is 0 Å². The normalized spacial score (nSPS) is 11.6. The minimum atomic E-state index is 0.182. The van der Waals surface area contributed by atoms with E-state index in [2.05, 4.69) is 12.2 Å². The maximum absolute atomic E-state index is 5.78. The molecule has 2 rings (SSSR count). The van der Waals surface area contributed by atoms with Crippen molar-refractivity contribution in [1.82, 2.24) is 5.32 Å². The van der Waals surface area contributed by atoms with E-state index in [-0.39, 0.29) is 6.04 Å². The Morgan fingerprint density at radius 3 is 2.50 bits per heavy atom. The molecule has 0 bridgehead atoms. The minimum Gasteiger partial charge on any atom is -0.457 e. The van der Waals surface area contributed by atoms with Gasteiger partial charge < -0.3 is 10.1 Å². The monoisotopic (exact) mass is 257 g/mol. The summed E-state index contributed by atoms with van der Waals surface area (Å²) in [6.07, 6.45) is 0. The van der Waals surface area contributed by atoms with Gasteiger partial charge in [0.1, 0.15) is 11.5 Å². The standard InChI is InChI=1S/C15H15NOS/c1-12(16-11-18)13-6-5-9-15(10-13)17-14-7-3-2-4-8-14/h2-12H,1H3,(H,16,18). The molecule has 0 heterocycles. The van der Waals surface area contributed by atoms with E-state index in [0.29, 0.717) is 0 Å². The summed E-state index contributed by atoms with van der Waals surface area (Å²) in [6, 6.07) is 17.9. The van der Waals surface area contributed by atoms with Crippen LogP contribution in [0.3, 0.4) is 0 Å². The fourth-order valence-electron chi connectivity index (χ4n) is 1.67. The van der Waals surface area contributed by atoms with Gasteiger partial charge in [-0.1, -0.05) is 42.5 Å². The van der Waals surface area contributed by atoms with Crippen molar-refractivity contribution >= 4 is 17.7 Å². The summed E-state index contributed by atoms with van der Waals surface area (Å²) in [5.41, 5.74) is 2.68. The third-order valence-electron chi connectivity index (χ3n) is 2.66. The van der Waals surface area contributed by atoms with Crippen LogP contribution in [0.1, 0.15) is 18.5 Å². The zero-order valence-electron chi connectivity index (χ0n) is 10.2. The lowest BCUT2D eigenvalue weighted by Gasteiger charge is -2.13. The van der Waals surface area contributed by atoms with Crippen molar-refractivity contribution in [2.24, 2.45) is 0 Å². The Balaban J connectivity index is 2.15. The first-order valence-corrected chi connectivity index (χ1v) is 6.29. The highest BCUT2D eigenvalue weighted by molar-refractivity contribution is 7.78. The highest BCUT2D eigenvalue weighted by Gasteiger charge is 2.04. The van der Waals surface area contributed by atoms with Gasteiger partial charge in [0.2, 0.25) is 0 Å². The smallest absolute Gasteiger partial charge is 0.127 e. The summed E-state index contributed by atoms with van der Waals surface area (Å²) in [4.78, 5) is 0. The Morgan fingerprint density at radius 1 is 1.06 bits per heavy atom. The molecule has 2 aromatic rings. The first-order valence-electron chi connectivity index (χ1n) is 5.82. The van der Waals surface area contributed by atoms with Crippen LogP contribution in [0.2, 0.25) is 0 Å². The number of para-hydroxylation sites is 1. The summed E-state index contributed by atoms with van der Waals surface area (Å²) in [7, 11) is 0. The van der Waals surface area contributed by atoms with Gasteiger partial charge in [-0.2, -0.15) is 0 Å². The Labute approximate surface area is 113 Å². The van der Waals surface area contributed by atoms with Crippen molar-refractivity contribution in [2.75, 3.05) is 0 Å². The molecule has 1 atom stereocenters. The molecule has 3 heteroatoms. The van der Waals surface area contributed by atoms with Gasteiger partial charge in [-0.25, -0.2) is 0 Å². The first-order chi connectivity index (χ1) is 8.79. The molecule has 2 aromatic carbocycles. The maximum Gasteiger partial charge on any atom is 0.127 e. The fraction of sp³-hybridized carbons (Fsp3) is 0.133. The van der Waals surface area contributed by atoms with Crippen LogP contribution in [-0.2, 0) is 0 Å². The number of hydrogen-bond donors (Lipinski definition) is 1. The van der Waals surface area contributed by atoms with Crippen LogP contribution < -0.4 is 10.1 Å². The van der Waals surface area contributed by atoms with Crippen LogP contribution in [0.4, 0.5) is 0 Å². The molecule has 92 valence electrons. The second kappa shape index (κ2) is 6.17. The van der Waals surface area contributed by atoms with E-state index in [1.165, 1.54) is 5.49 Å². The third kappa shape index (κ3) is 3.31. The van der Waals surface area contributed by atoms with Crippen molar-refractivity contribution in [2.45, 2.75) is 13.0 Å². The molecule has 1 N–H and O–H groups in total. The summed E-state index contributed by atoms with van der Waals surface area (Å²) < 4.78 is 5.78. The van der Waals surface area contributed by atoms with Gasteiger partial charge in [0.25, 0.3) is 0 Å². The minimum absolute atomic E-state index is 0.182. The summed E-state index contributed by atoms with van der Waals surface area (Å²) in [6.45, 7) is 2.06. The highest BCUT2D eigenvalue weighted by atomic mass is 32.1. The van der Waals surface area contributed by atoms with Gasteiger partial charge in [-0.15, -0.1) is 0 Å². The molecule has 0 saturated heterocycles. The molecule has 18 heavy (non-hydrogen) atoms. The molecule has 0 aliphatic rings. The van der Waals surface area contributed by atoms with Gasteiger partial charge >= 0.3 is 0 Å². The predicted octanol–water partition coefficient (Wildman–Crippen LogP) is 4.09. The number of nitrogens with one attached hydrogen (secondary N) is 1. The third-order valence-corrected chi connectivity index (χ3v) is 2.79. The first kappa shape index (κ1) is 12.6. The van der Waals surface area contributed by atoms with E-state index >= 15 is 0 Å². The van der Waals surface area contributed by atoms with Crippen LogP contribution in [-0.4, -0.2) is 5.49 Å². The highest BCUT2D eigenvalue weighted by Crippen LogP contribution is 2.24. The van der Waals surface area contributed by atoms with Crippen LogP contribution >= 0.6 is 12.2 Å². The lowest BCUT2D eigenvalue weighted by molar-refractivity contribution is 0.481. The van der Waals surface area contributed by atoms with Gasteiger partial charge in [-0.05, 0) is 36.8 Å². The van der Waals surface area contributed by atoms with Crippen molar-refractivity contribution in [3.05, 3.63) is 60.2 Å². The molecule has 0 saturated carbocycles. The summed E-state index contributed by atoms with van der Waals surface area (Å²) in [5.74, 6) is 1.67. The van der Waals surface area contributed by atoms with E-state index in [4.69, 9.17) is 17.0 Å². The quantitative estimate of drug-likeness (QED) is 0.815. The number of hydrogen-bond acceptors (Lipinski definition) is 2. The Bertz CT molecular complexity index is 513. The van der Waals surface area contributed by atoms with E-state index in [0.717, 1.165) is 17.1 Å². The number of rotatable bonds is 5. The summed E-state index contributed by atoms with van der Waals surface area (Å²) >= 11 is 4.80. The van der Waals surface area contributed by atoms with Crippen LogP contribution in [0.25, 0.3) is 0 Å². The van der Waals surface area contributed by atoms with Gasteiger partial charge in [0.15, 0.2) is 0 Å². The second-order valence-electron chi connectivity index (χ2n) is 3.99. The largest absolute Gasteiger partial charge is 0.457 e. The molecule has 0 spiro atoms. The van der Waals surface area contributed by atoms with Crippen LogP contribution in [0.5, 0.6) is 11.5 Å². The van der Waals surface area contributed by atoms with Crippen LogP contribution in [0, 0.1) is 0 Å². The summed E-state index contributed by atoms with van der Waals surface area (Å²) in [5, 5.41) is 3.09. The van der Waals surface area contributed by atoms with Crippen molar-refractivity contribution < 1.29 is 4.74 Å². The fourth-order valence-corrected chi connectivity index (χ4v) is 1.87. The topological polar surface area (TPSA) is 21.3 Å². The Hall–Kier alpha value is -1.87. The molecule has 1 unspecified atom stereocenters. The van der Waals surface area contributed by atoms with Gasteiger partial charge in [-0.3, -0.25) is 0 Å². The maximum atomic E-state index is 5.78. The van der Waals surface area contributed by atoms with Gasteiger partial charge in [0.05, 0.1) is 5.49 Å². The number of benzene rings is 2. The predicted molar refractivity (Wildman–Crippen MR) is 78.2 cm³/mol. The average molecular weight is 257 g/mol. The average Bonchev–Trinajstić information content (AvgIpc) is 2.40. The molecule has 0 amide bonds. The molecule has 0 aromatic heterocycles. The molecule has 2 nitrogen and oxygen atoms in total. The molecule has 0 radical (unpaired) electrons. The van der Waals surface area contributed by atoms with Gasteiger partial charge in [0, 0.05) is 6.04 Å². The number of thiocarbonyl (C=S) groups is 1. The zero-order valence-corrected chi connectivity index (χ0v) is 11.0. The molecular formula is C15H15NOS. The Morgan fingerprint density at radius 2 is 1.78 bits per heavy atom. The number of ether oxygens (including phenoxy) is 1. The van der Waals surface area contributed by atoms with E-state index in [1.807, 2.05) is 54.6 Å². The van der Waals surface area contributed by atoms with Crippen LogP contribution in [0.15, 0.2) is 54.6 Å². The zero-order chi connectivity index (χ0) is 12.8. The molecule has 0 aliphatic carbocycles. The molecular weight excluding hydrogens is 242 g/mol. The molecule has 0 aliphatic heterocycles. The Kier molecular flexibility index (Phi) is 4.31. The SMILES string of the molecule is CC(NC=S)c1cccc(Oc2ccccc2)c1. The van der Waals surface area contributed by atoms with E-state index < -0.39 is 0 Å². The lowest BCUT2D eigenvalue weighted by atomic mass is 10.1. The van der Waals surface area contributed by atoms with Crippen molar-refractivity contribution in [3.8, 4) is 11.5 Å². The lowest BCUT2D eigenvalue weighted by Crippen LogP contribution is -2.14.